The Hall–Kier alpha value is -1.55. The fourth-order valence-corrected chi connectivity index (χ4v) is 3.57. The lowest BCUT2D eigenvalue weighted by Crippen LogP contribution is -2.48. The van der Waals surface area contributed by atoms with Crippen LogP contribution in [0.15, 0.2) is 29.3 Å². The zero-order chi connectivity index (χ0) is 16.8. The Balaban J connectivity index is 2.01. The van der Waals surface area contributed by atoms with Crippen molar-refractivity contribution in [2.45, 2.75) is 33.4 Å². The predicted octanol–water partition coefficient (Wildman–Crippen LogP) is 2.80. The number of hydrogen-bond acceptors (Lipinski definition) is 2. The van der Waals surface area contributed by atoms with Crippen LogP contribution in [-0.2, 0) is 13.1 Å². The van der Waals surface area contributed by atoms with Crippen LogP contribution >= 0.6 is 0 Å². The molecule has 0 bridgehead atoms. The fraction of sp³-hybridized carbons (Fsp3) is 0.632. The number of rotatable bonds is 4. The first kappa shape index (κ1) is 17.8. The summed E-state index contributed by atoms with van der Waals surface area (Å²) in [5, 5.41) is 3.57. The Kier molecular flexibility index (Phi) is 6.46. The molecule has 0 saturated carbocycles. The molecular weight excluding hydrogens is 284 g/mol. The van der Waals surface area contributed by atoms with Crippen LogP contribution in [0.1, 0.15) is 31.4 Å². The Morgan fingerprint density at radius 2 is 1.78 bits per heavy atom. The average molecular weight is 316 g/mol. The third-order valence-electron chi connectivity index (χ3n) is 4.42. The Labute approximate surface area is 141 Å². The maximum absolute atomic E-state index is 4.51. The minimum Gasteiger partial charge on any atom is -0.352 e. The highest BCUT2D eigenvalue weighted by molar-refractivity contribution is 5.80. The third kappa shape index (κ3) is 5.24. The van der Waals surface area contributed by atoms with Crippen molar-refractivity contribution in [2.24, 2.45) is 16.8 Å². The van der Waals surface area contributed by atoms with Crippen molar-refractivity contribution in [3.8, 4) is 0 Å². The summed E-state index contributed by atoms with van der Waals surface area (Å²) in [7, 11) is 6.11. The molecule has 128 valence electrons. The molecule has 1 aliphatic heterocycles. The first-order valence-electron chi connectivity index (χ1n) is 8.66. The monoisotopic (exact) mass is 316 g/mol. The Morgan fingerprint density at radius 3 is 2.35 bits per heavy atom. The number of hydrogen-bond donors (Lipinski definition) is 1. The second-order valence-corrected chi connectivity index (χ2v) is 7.26. The highest BCUT2D eigenvalue weighted by atomic mass is 15.3. The van der Waals surface area contributed by atoms with Crippen molar-refractivity contribution in [3.05, 3.63) is 35.4 Å². The molecule has 0 radical (unpaired) electrons. The maximum atomic E-state index is 4.51. The summed E-state index contributed by atoms with van der Waals surface area (Å²) < 4.78 is 0. The number of guanidine groups is 1. The lowest BCUT2D eigenvalue weighted by atomic mass is 9.92. The summed E-state index contributed by atoms with van der Waals surface area (Å²) in [5.41, 5.74) is 2.72. The van der Waals surface area contributed by atoms with Crippen molar-refractivity contribution < 1.29 is 0 Å². The molecule has 0 spiro atoms. The van der Waals surface area contributed by atoms with Gasteiger partial charge in [0.1, 0.15) is 0 Å². The average Bonchev–Trinajstić information content (AvgIpc) is 2.48. The molecular formula is C19H32N4. The quantitative estimate of drug-likeness (QED) is 0.684. The largest absolute Gasteiger partial charge is 0.352 e. The van der Waals surface area contributed by atoms with Crippen molar-refractivity contribution in [2.75, 3.05) is 34.2 Å². The summed E-state index contributed by atoms with van der Waals surface area (Å²) in [6.07, 6.45) is 1.32. The van der Waals surface area contributed by atoms with Gasteiger partial charge in [-0.3, -0.25) is 4.99 Å². The molecule has 0 aromatic heterocycles. The van der Waals surface area contributed by atoms with Gasteiger partial charge in [-0.25, -0.2) is 0 Å². The zero-order valence-corrected chi connectivity index (χ0v) is 15.3. The summed E-state index contributed by atoms with van der Waals surface area (Å²) in [6, 6.07) is 8.65. The number of aliphatic imine (C=N–C) groups is 1. The van der Waals surface area contributed by atoms with Gasteiger partial charge in [0.25, 0.3) is 0 Å². The molecule has 4 heteroatoms. The van der Waals surface area contributed by atoms with E-state index in [-0.39, 0.29) is 0 Å². The molecule has 0 amide bonds. The molecule has 2 rings (SSSR count). The zero-order valence-electron chi connectivity index (χ0n) is 15.3. The highest BCUT2D eigenvalue weighted by Crippen LogP contribution is 2.21. The summed E-state index contributed by atoms with van der Waals surface area (Å²) in [4.78, 5) is 9.13. The van der Waals surface area contributed by atoms with Gasteiger partial charge >= 0.3 is 0 Å². The molecule has 1 N–H and O–H groups in total. The van der Waals surface area contributed by atoms with Gasteiger partial charge in [-0.05, 0) is 43.5 Å². The van der Waals surface area contributed by atoms with Crippen LogP contribution in [0.2, 0.25) is 0 Å². The second kappa shape index (κ2) is 8.34. The number of piperidine rings is 1. The lowest BCUT2D eigenvalue weighted by molar-refractivity contribution is 0.208. The van der Waals surface area contributed by atoms with Gasteiger partial charge in [-0.2, -0.15) is 0 Å². The van der Waals surface area contributed by atoms with E-state index in [9.17, 15) is 0 Å². The molecule has 1 aromatic rings. The van der Waals surface area contributed by atoms with Crippen molar-refractivity contribution in [3.63, 3.8) is 0 Å². The molecule has 4 nitrogen and oxygen atoms in total. The van der Waals surface area contributed by atoms with E-state index in [2.05, 4.69) is 72.3 Å². The van der Waals surface area contributed by atoms with Gasteiger partial charge in [0.15, 0.2) is 5.96 Å². The number of likely N-dealkylation sites (tertiary alicyclic amines) is 1. The van der Waals surface area contributed by atoms with Gasteiger partial charge < -0.3 is 15.1 Å². The van der Waals surface area contributed by atoms with Crippen LogP contribution in [-0.4, -0.2) is 50.0 Å². The Bertz CT molecular complexity index is 514. The molecule has 1 saturated heterocycles. The van der Waals surface area contributed by atoms with Crippen molar-refractivity contribution in [1.29, 1.82) is 0 Å². The molecule has 1 heterocycles. The minimum atomic E-state index is 0.735. The first-order chi connectivity index (χ1) is 11.0. The van der Waals surface area contributed by atoms with E-state index < -0.39 is 0 Å². The summed E-state index contributed by atoms with van der Waals surface area (Å²) in [6.45, 7) is 8.67. The molecule has 1 aromatic carbocycles. The van der Waals surface area contributed by atoms with Crippen molar-refractivity contribution >= 4 is 5.96 Å². The summed E-state index contributed by atoms with van der Waals surface area (Å²) >= 11 is 0. The van der Waals surface area contributed by atoms with E-state index in [0.29, 0.717) is 0 Å². The predicted molar refractivity (Wildman–Crippen MR) is 98.5 cm³/mol. The molecule has 1 fully saturated rings. The molecule has 1 aliphatic rings. The van der Waals surface area contributed by atoms with E-state index in [1.54, 1.807) is 0 Å². The smallest absolute Gasteiger partial charge is 0.193 e. The first-order valence-corrected chi connectivity index (χ1v) is 8.66. The molecule has 23 heavy (non-hydrogen) atoms. The van der Waals surface area contributed by atoms with Gasteiger partial charge in [0, 0.05) is 33.2 Å². The minimum absolute atomic E-state index is 0.735. The van der Waals surface area contributed by atoms with Crippen LogP contribution in [0.25, 0.3) is 0 Å². The number of nitrogens with zero attached hydrogens (tertiary/aromatic N) is 3. The third-order valence-corrected chi connectivity index (χ3v) is 4.42. The maximum Gasteiger partial charge on any atom is 0.193 e. The highest BCUT2D eigenvalue weighted by Gasteiger charge is 2.23. The van der Waals surface area contributed by atoms with E-state index in [0.717, 1.165) is 44.0 Å². The van der Waals surface area contributed by atoms with Crippen molar-refractivity contribution in [1.82, 2.24) is 15.1 Å². The van der Waals surface area contributed by atoms with Gasteiger partial charge in [-0.15, -0.1) is 0 Å². The fourth-order valence-electron chi connectivity index (χ4n) is 3.57. The van der Waals surface area contributed by atoms with Crippen LogP contribution in [0, 0.1) is 11.8 Å². The topological polar surface area (TPSA) is 30.9 Å². The van der Waals surface area contributed by atoms with Crippen LogP contribution < -0.4 is 5.32 Å². The molecule has 2 atom stereocenters. The molecule has 0 aliphatic carbocycles. The number of benzene rings is 1. The number of nitrogens with one attached hydrogen (secondary N) is 1. The SMILES string of the molecule is CN=C(NCc1ccccc1CN(C)C)N1CC(C)CC(C)C1. The van der Waals surface area contributed by atoms with E-state index in [4.69, 9.17) is 0 Å². The van der Waals surface area contributed by atoms with Gasteiger partial charge in [-0.1, -0.05) is 38.1 Å². The van der Waals surface area contributed by atoms with E-state index in [1.807, 2.05) is 7.05 Å². The summed E-state index contributed by atoms with van der Waals surface area (Å²) in [5.74, 6) is 2.50. The Morgan fingerprint density at radius 1 is 1.17 bits per heavy atom. The standard InChI is InChI=1S/C19H32N4/c1-15-10-16(2)13-23(12-15)19(20-3)21-11-17-8-6-7-9-18(17)14-22(4)5/h6-9,15-16H,10-14H2,1-5H3,(H,20,21). The van der Waals surface area contributed by atoms with Gasteiger partial charge in [0.2, 0.25) is 0 Å². The molecule has 2 unspecified atom stereocenters. The second-order valence-electron chi connectivity index (χ2n) is 7.26. The van der Waals surface area contributed by atoms with Gasteiger partial charge in [0.05, 0.1) is 0 Å². The normalized spacial score (nSPS) is 22.5. The van der Waals surface area contributed by atoms with E-state index >= 15 is 0 Å². The van der Waals surface area contributed by atoms with Crippen LogP contribution in [0.3, 0.4) is 0 Å². The van der Waals surface area contributed by atoms with Crippen LogP contribution in [0.5, 0.6) is 0 Å². The van der Waals surface area contributed by atoms with Crippen LogP contribution in [0.4, 0.5) is 0 Å². The van der Waals surface area contributed by atoms with E-state index in [1.165, 1.54) is 17.5 Å². The lowest BCUT2D eigenvalue weighted by Gasteiger charge is -2.37.